The summed E-state index contributed by atoms with van der Waals surface area (Å²) < 4.78 is 17.8. The van der Waals surface area contributed by atoms with E-state index in [-0.39, 0.29) is 24.4 Å². The van der Waals surface area contributed by atoms with Crippen LogP contribution < -0.4 is 10.6 Å². The molecule has 0 saturated heterocycles. The summed E-state index contributed by atoms with van der Waals surface area (Å²) in [5.41, 5.74) is 0.211. The Bertz CT molecular complexity index is 654. The van der Waals surface area contributed by atoms with Crippen molar-refractivity contribution >= 4 is 17.6 Å². The van der Waals surface area contributed by atoms with Crippen LogP contribution in [0.3, 0.4) is 0 Å². The van der Waals surface area contributed by atoms with E-state index in [1.807, 2.05) is 0 Å². The van der Waals surface area contributed by atoms with E-state index in [1.165, 1.54) is 18.2 Å². The standard InChI is InChI=1S/C14H14FN3O3/c1-9-7-12(18-21-9)17-13(19)5-6-16-14(20)10-3-2-4-11(15)8-10/h2-4,7-8H,5-6H2,1H3,(H,16,20)(H,17,18,19). The highest BCUT2D eigenvalue weighted by atomic mass is 19.1. The van der Waals surface area contributed by atoms with Crippen molar-refractivity contribution in [3.63, 3.8) is 0 Å². The van der Waals surface area contributed by atoms with E-state index in [2.05, 4.69) is 15.8 Å². The maximum Gasteiger partial charge on any atom is 0.251 e. The predicted octanol–water partition coefficient (Wildman–Crippen LogP) is 1.88. The summed E-state index contributed by atoms with van der Waals surface area (Å²) in [6, 6.07) is 6.92. The number of amides is 2. The highest BCUT2D eigenvalue weighted by Crippen LogP contribution is 2.07. The first-order valence-corrected chi connectivity index (χ1v) is 6.31. The molecule has 1 aromatic heterocycles. The quantitative estimate of drug-likeness (QED) is 0.881. The van der Waals surface area contributed by atoms with Crippen molar-refractivity contribution in [2.45, 2.75) is 13.3 Å². The monoisotopic (exact) mass is 291 g/mol. The number of aryl methyl sites for hydroxylation is 1. The molecule has 6 nitrogen and oxygen atoms in total. The molecular weight excluding hydrogens is 277 g/mol. The van der Waals surface area contributed by atoms with Gasteiger partial charge in [-0.15, -0.1) is 0 Å². The fourth-order valence-corrected chi connectivity index (χ4v) is 1.65. The van der Waals surface area contributed by atoms with Gasteiger partial charge in [0.05, 0.1) is 0 Å². The van der Waals surface area contributed by atoms with Gasteiger partial charge in [0, 0.05) is 24.6 Å². The first kappa shape index (κ1) is 14.7. The number of benzene rings is 1. The number of carbonyl (C=O) groups excluding carboxylic acids is 2. The molecule has 2 rings (SSSR count). The van der Waals surface area contributed by atoms with Gasteiger partial charge in [-0.05, 0) is 25.1 Å². The molecule has 0 saturated carbocycles. The molecule has 0 aliphatic carbocycles. The molecule has 0 aliphatic heterocycles. The van der Waals surface area contributed by atoms with E-state index in [4.69, 9.17) is 4.52 Å². The summed E-state index contributed by atoms with van der Waals surface area (Å²) in [4.78, 5) is 23.3. The third kappa shape index (κ3) is 4.41. The zero-order valence-electron chi connectivity index (χ0n) is 11.4. The van der Waals surface area contributed by atoms with Gasteiger partial charge >= 0.3 is 0 Å². The van der Waals surface area contributed by atoms with Gasteiger partial charge in [0.1, 0.15) is 11.6 Å². The molecule has 7 heteroatoms. The Balaban J connectivity index is 1.76. The largest absolute Gasteiger partial charge is 0.360 e. The van der Waals surface area contributed by atoms with E-state index in [9.17, 15) is 14.0 Å². The molecule has 2 aromatic rings. The van der Waals surface area contributed by atoms with Crippen molar-refractivity contribution in [3.05, 3.63) is 47.5 Å². The molecule has 0 spiro atoms. The van der Waals surface area contributed by atoms with Crippen molar-refractivity contribution in [3.8, 4) is 0 Å². The summed E-state index contributed by atoms with van der Waals surface area (Å²) in [6.07, 6.45) is 0.0764. The molecule has 110 valence electrons. The minimum Gasteiger partial charge on any atom is -0.360 e. The lowest BCUT2D eigenvalue weighted by atomic mass is 10.2. The van der Waals surface area contributed by atoms with Crippen molar-refractivity contribution < 1.29 is 18.5 Å². The first-order chi connectivity index (χ1) is 10.0. The molecule has 0 atom stereocenters. The van der Waals surface area contributed by atoms with Gasteiger partial charge < -0.3 is 15.2 Å². The molecule has 0 unspecified atom stereocenters. The van der Waals surface area contributed by atoms with Crippen LogP contribution in [0.5, 0.6) is 0 Å². The summed E-state index contributed by atoms with van der Waals surface area (Å²) in [6.45, 7) is 1.85. The number of hydrogen-bond donors (Lipinski definition) is 2. The van der Waals surface area contributed by atoms with Crippen LogP contribution in [0, 0.1) is 12.7 Å². The Kier molecular flexibility index (Phi) is 4.65. The van der Waals surface area contributed by atoms with Crippen LogP contribution in [0.25, 0.3) is 0 Å². The van der Waals surface area contributed by atoms with E-state index in [0.29, 0.717) is 11.6 Å². The Morgan fingerprint density at radius 3 is 2.81 bits per heavy atom. The zero-order chi connectivity index (χ0) is 15.2. The van der Waals surface area contributed by atoms with Crippen molar-refractivity contribution in [2.75, 3.05) is 11.9 Å². The van der Waals surface area contributed by atoms with Crippen LogP contribution in [0.15, 0.2) is 34.9 Å². The first-order valence-electron chi connectivity index (χ1n) is 6.31. The summed E-state index contributed by atoms with van der Waals surface area (Å²) in [7, 11) is 0. The Morgan fingerprint density at radius 1 is 1.33 bits per heavy atom. The molecule has 2 N–H and O–H groups in total. The van der Waals surface area contributed by atoms with Crippen LogP contribution in [0.2, 0.25) is 0 Å². The third-order valence-electron chi connectivity index (χ3n) is 2.62. The Hall–Kier alpha value is -2.70. The highest BCUT2D eigenvalue weighted by molar-refractivity contribution is 5.95. The Morgan fingerprint density at radius 2 is 2.14 bits per heavy atom. The summed E-state index contributed by atoms with van der Waals surface area (Å²) >= 11 is 0. The molecule has 1 aromatic carbocycles. The van der Waals surface area contributed by atoms with E-state index >= 15 is 0 Å². The van der Waals surface area contributed by atoms with Crippen LogP contribution in [-0.2, 0) is 4.79 Å². The molecule has 0 bridgehead atoms. The fraction of sp³-hybridized carbons (Fsp3) is 0.214. The second-order valence-corrected chi connectivity index (χ2v) is 4.39. The minimum absolute atomic E-state index is 0.0764. The van der Waals surface area contributed by atoms with Crippen LogP contribution in [0.4, 0.5) is 10.2 Å². The van der Waals surface area contributed by atoms with Crippen molar-refractivity contribution in [2.24, 2.45) is 0 Å². The second kappa shape index (κ2) is 6.65. The minimum atomic E-state index is -0.484. The lowest BCUT2D eigenvalue weighted by molar-refractivity contribution is -0.116. The van der Waals surface area contributed by atoms with Gasteiger partial charge in [0.2, 0.25) is 5.91 Å². The average molecular weight is 291 g/mol. The van der Waals surface area contributed by atoms with Gasteiger partial charge in [-0.3, -0.25) is 9.59 Å². The van der Waals surface area contributed by atoms with Crippen molar-refractivity contribution in [1.29, 1.82) is 0 Å². The van der Waals surface area contributed by atoms with Gasteiger partial charge in [0.25, 0.3) is 5.91 Å². The lowest BCUT2D eigenvalue weighted by Crippen LogP contribution is -2.27. The number of nitrogens with one attached hydrogen (secondary N) is 2. The number of rotatable bonds is 5. The Labute approximate surface area is 120 Å². The number of nitrogens with zero attached hydrogens (tertiary/aromatic N) is 1. The zero-order valence-corrected chi connectivity index (χ0v) is 11.4. The van der Waals surface area contributed by atoms with E-state index < -0.39 is 11.7 Å². The topological polar surface area (TPSA) is 84.2 Å². The van der Waals surface area contributed by atoms with Crippen LogP contribution >= 0.6 is 0 Å². The molecule has 0 radical (unpaired) electrons. The van der Waals surface area contributed by atoms with Gasteiger partial charge in [-0.1, -0.05) is 11.2 Å². The van der Waals surface area contributed by atoms with Crippen LogP contribution in [0.1, 0.15) is 22.5 Å². The number of carbonyl (C=O) groups is 2. The average Bonchev–Trinajstić information content (AvgIpc) is 2.84. The molecule has 0 fully saturated rings. The van der Waals surface area contributed by atoms with E-state index in [0.717, 1.165) is 6.07 Å². The number of hydrogen-bond acceptors (Lipinski definition) is 4. The third-order valence-corrected chi connectivity index (χ3v) is 2.62. The van der Waals surface area contributed by atoms with Gasteiger partial charge in [0.15, 0.2) is 5.82 Å². The predicted molar refractivity (Wildman–Crippen MR) is 73.2 cm³/mol. The normalized spacial score (nSPS) is 10.2. The van der Waals surface area contributed by atoms with Gasteiger partial charge in [-0.25, -0.2) is 4.39 Å². The second-order valence-electron chi connectivity index (χ2n) is 4.39. The molecule has 0 aliphatic rings. The number of aromatic nitrogens is 1. The van der Waals surface area contributed by atoms with E-state index in [1.54, 1.807) is 13.0 Å². The summed E-state index contributed by atoms with van der Waals surface area (Å²) in [5.74, 6) is -0.303. The molecule has 1 heterocycles. The van der Waals surface area contributed by atoms with Crippen LogP contribution in [-0.4, -0.2) is 23.5 Å². The number of anilines is 1. The smallest absolute Gasteiger partial charge is 0.251 e. The molecular formula is C14H14FN3O3. The maximum atomic E-state index is 13.0. The van der Waals surface area contributed by atoms with Gasteiger partial charge in [-0.2, -0.15) is 0 Å². The molecule has 21 heavy (non-hydrogen) atoms. The summed E-state index contributed by atoms with van der Waals surface area (Å²) in [5, 5.41) is 8.69. The maximum absolute atomic E-state index is 13.0. The van der Waals surface area contributed by atoms with Crippen molar-refractivity contribution in [1.82, 2.24) is 10.5 Å². The lowest BCUT2D eigenvalue weighted by Gasteiger charge is -2.05. The number of halogens is 1. The SMILES string of the molecule is Cc1cc(NC(=O)CCNC(=O)c2cccc(F)c2)no1. The molecule has 2 amide bonds. The highest BCUT2D eigenvalue weighted by Gasteiger charge is 2.09. The fourth-order valence-electron chi connectivity index (χ4n) is 1.65.